The molecule has 108 valence electrons. The van der Waals surface area contributed by atoms with E-state index in [1.54, 1.807) is 30.3 Å². The summed E-state index contributed by atoms with van der Waals surface area (Å²) in [6, 6.07) is 14.5. The van der Waals surface area contributed by atoms with Gasteiger partial charge in [-0.05, 0) is 5.56 Å². The third-order valence-corrected chi connectivity index (χ3v) is 4.77. The van der Waals surface area contributed by atoms with E-state index in [9.17, 15) is 25.7 Å². The lowest BCUT2D eigenvalue weighted by Crippen LogP contribution is -2.52. The van der Waals surface area contributed by atoms with Crippen molar-refractivity contribution in [2.24, 2.45) is 10.8 Å². The summed E-state index contributed by atoms with van der Waals surface area (Å²) >= 11 is 0. The number of nitriles is 3. The van der Waals surface area contributed by atoms with Crippen LogP contribution >= 0.6 is 0 Å². The Bertz CT molecular complexity index is 756. The zero-order valence-corrected chi connectivity index (χ0v) is 11.6. The Labute approximate surface area is 127 Å². The summed E-state index contributed by atoms with van der Waals surface area (Å²) in [5.74, 6) is -1.49. The number of nitrogens with zero attached hydrogens (tertiary/aromatic N) is 3. The van der Waals surface area contributed by atoms with Gasteiger partial charge in [0.2, 0.25) is 5.91 Å². The number of hydrogen-bond donors (Lipinski definition) is 2. The fraction of sp³-hybridized carbons (Fsp3) is 0.375. The number of carbonyl (C=O) groups is 1. The summed E-state index contributed by atoms with van der Waals surface area (Å²) in [7, 11) is 0. The SMILES string of the molecule is N#CC1(C#N)[C@H](c2ccccc2)C[C@@]2(O)C[C@]1(C#N)C(=O)N2. The van der Waals surface area contributed by atoms with E-state index in [0.717, 1.165) is 0 Å². The van der Waals surface area contributed by atoms with Crippen molar-refractivity contribution >= 4 is 5.91 Å². The molecule has 1 saturated heterocycles. The summed E-state index contributed by atoms with van der Waals surface area (Å²) in [6.07, 6.45) is -0.229. The topological polar surface area (TPSA) is 121 Å². The van der Waals surface area contributed by atoms with Crippen LogP contribution in [0.2, 0.25) is 0 Å². The third kappa shape index (κ3) is 1.46. The number of benzene rings is 1. The number of nitrogens with one attached hydrogen (secondary N) is 1. The van der Waals surface area contributed by atoms with E-state index in [1.807, 2.05) is 18.2 Å². The van der Waals surface area contributed by atoms with Gasteiger partial charge in [-0.2, -0.15) is 15.8 Å². The monoisotopic (exact) mass is 292 g/mol. The van der Waals surface area contributed by atoms with Gasteiger partial charge in [-0.1, -0.05) is 30.3 Å². The lowest BCUT2D eigenvalue weighted by Gasteiger charge is -2.43. The maximum Gasteiger partial charge on any atom is 0.245 e. The zero-order valence-electron chi connectivity index (χ0n) is 11.6. The van der Waals surface area contributed by atoms with Gasteiger partial charge in [0, 0.05) is 18.8 Å². The number of carbonyl (C=O) groups excluding carboxylic acids is 1. The molecule has 1 aliphatic carbocycles. The second-order valence-corrected chi connectivity index (χ2v) is 5.88. The Balaban J connectivity index is 2.29. The van der Waals surface area contributed by atoms with Crippen LogP contribution in [-0.4, -0.2) is 16.7 Å². The van der Waals surface area contributed by atoms with Gasteiger partial charge in [-0.25, -0.2) is 0 Å². The highest BCUT2D eigenvalue weighted by molar-refractivity contribution is 5.91. The van der Waals surface area contributed by atoms with Crippen LogP contribution in [0.25, 0.3) is 0 Å². The van der Waals surface area contributed by atoms with E-state index in [0.29, 0.717) is 5.56 Å². The molecule has 2 fully saturated rings. The molecule has 6 heteroatoms. The molecule has 3 atom stereocenters. The van der Waals surface area contributed by atoms with Gasteiger partial charge in [0.05, 0.1) is 18.2 Å². The van der Waals surface area contributed by atoms with E-state index in [1.165, 1.54) is 0 Å². The molecule has 1 amide bonds. The average Bonchev–Trinajstić information content (AvgIpc) is 2.77. The van der Waals surface area contributed by atoms with Crippen LogP contribution in [-0.2, 0) is 4.79 Å². The molecule has 2 aliphatic rings. The first-order valence-electron chi connectivity index (χ1n) is 6.81. The van der Waals surface area contributed by atoms with Gasteiger partial charge in [-0.3, -0.25) is 4.79 Å². The predicted octanol–water partition coefficient (Wildman–Crippen LogP) is 0.926. The van der Waals surface area contributed by atoms with Crippen molar-refractivity contribution in [3.8, 4) is 18.2 Å². The lowest BCUT2D eigenvalue weighted by atomic mass is 9.51. The Morgan fingerprint density at radius 3 is 2.32 bits per heavy atom. The molecule has 2 bridgehead atoms. The fourth-order valence-corrected chi connectivity index (χ4v) is 3.71. The van der Waals surface area contributed by atoms with Crippen molar-refractivity contribution in [1.82, 2.24) is 5.32 Å². The van der Waals surface area contributed by atoms with Crippen molar-refractivity contribution in [1.29, 1.82) is 15.8 Å². The summed E-state index contributed by atoms with van der Waals surface area (Å²) in [6.45, 7) is 0. The molecule has 0 spiro atoms. The Hall–Kier alpha value is -2.88. The lowest BCUT2D eigenvalue weighted by molar-refractivity contribution is -0.128. The molecule has 2 N–H and O–H groups in total. The highest BCUT2D eigenvalue weighted by atomic mass is 16.3. The van der Waals surface area contributed by atoms with Gasteiger partial charge in [-0.15, -0.1) is 0 Å². The highest BCUT2D eigenvalue weighted by Gasteiger charge is 2.73. The van der Waals surface area contributed by atoms with Crippen molar-refractivity contribution in [2.45, 2.75) is 24.5 Å². The van der Waals surface area contributed by atoms with Crippen molar-refractivity contribution in [3.63, 3.8) is 0 Å². The van der Waals surface area contributed by atoms with Crippen LogP contribution in [0.4, 0.5) is 0 Å². The fourth-order valence-electron chi connectivity index (χ4n) is 3.71. The molecule has 1 aliphatic heterocycles. The summed E-state index contributed by atoms with van der Waals surface area (Å²) < 4.78 is 0. The second-order valence-electron chi connectivity index (χ2n) is 5.88. The minimum Gasteiger partial charge on any atom is -0.371 e. The first-order chi connectivity index (χ1) is 10.5. The van der Waals surface area contributed by atoms with Crippen LogP contribution in [0.3, 0.4) is 0 Å². The predicted molar refractivity (Wildman–Crippen MR) is 73.2 cm³/mol. The molecule has 0 radical (unpaired) electrons. The van der Waals surface area contributed by atoms with E-state index in [-0.39, 0.29) is 12.8 Å². The molecule has 0 aromatic heterocycles. The molecule has 6 nitrogen and oxygen atoms in total. The molecule has 1 aromatic carbocycles. The normalized spacial score (nSPS) is 34.8. The molecular formula is C16H12N4O2. The summed E-state index contributed by atoms with van der Waals surface area (Å²) in [5, 5.41) is 41.9. The van der Waals surface area contributed by atoms with Crippen LogP contribution in [0.5, 0.6) is 0 Å². The molecule has 3 rings (SSSR count). The van der Waals surface area contributed by atoms with Crippen molar-refractivity contribution in [3.05, 3.63) is 35.9 Å². The third-order valence-electron chi connectivity index (χ3n) is 4.77. The minimum absolute atomic E-state index is 0.0211. The number of rotatable bonds is 1. The van der Waals surface area contributed by atoms with Gasteiger partial charge < -0.3 is 10.4 Å². The molecule has 22 heavy (non-hydrogen) atoms. The largest absolute Gasteiger partial charge is 0.371 e. The van der Waals surface area contributed by atoms with Gasteiger partial charge >= 0.3 is 0 Å². The van der Waals surface area contributed by atoms with Crippen LogP contribution < -0.4 is 5.32 Å². The van der Waals surface area contributed by atoms with Crippen LogP contribution in [0, 0.1) is 44.8 Å². The summed E-state index contributed by atoms with van der Waals surface area (Å²) in [4.78, 5) is 12.3. The van der Waals surface area contributed by atoms with E-state index >= 15 is 0 Å². The minimum atomic E-state index is -1.87. The smallest absolute Gasteiger partial charge is 0.245 e. The Morgan fingerprint density at radius 2 is 1.77 bits per heavy atom. The van der Waals surface area contributed by atoms with Crippen molar-refractivity contribution in [2.75, 3.05) is 0 Å². The van der Waals surface area contributed by atoms with Gasteiger partial charge in [0.1, 0.15) is 5.72 Å². The molecule has 1 heterocycles. The zero-order chi connectivity index (χ0) is 16.0. The quantitative estimate of drug-likeness (QED) is 0.797. The number of hydrogen-bond acceptors (Lipinski definition) is 5. The molecule has 1 aromatic rings. The maximum absolute atomic E-state index is 12.3. The molecule has 0 unspecified atom stereocenters. The number of aliphatic hydroxyl groups is 1. The van der Waals surface area contributed by atoms with Gasteiger partial charge in [0.15, 0.2) is 10.8 Å². The van der Waals surface area contributed by atoms with Crippen LogP contribution in [0.1, 0.15) is 24.3 Å². The first kappa shape index (κ1) is 14.1. The Kier molecular flexibility index (Phi) is 2.75. The van der Waals surface area contributed by atoms with Crippen LogP contribution in [0.15, 0.2) is 30.3 Å². The van der Waals surface area contributed by atoms with E-state index in [4.69, 9.17) is 0 Å². The maximum atomic E-state index is 12.3. The molecular weight excluding hydrogens is 280 g/mol. The number of amides is 1. The van der Waals surface area contributed by atoms with Crippen molar-refractivity contribution < 1.29 is 9.90 Å². The average molecular weight is 292 g/mol. The molecule has 1 saturated carbocycles. The highest BCUT2D eigenvalue weighted by Crippen LogP contribution is 2.62. The summed E-state index contributed by atoms with van der Waals surface area (Å²) in [5.41, 5.74) is -4.62. The van der Waals surface area contributed by atoms with E-state index < -0.39 is 28.4 Å². The first-order valence-corrected chi connectivity index (χ1v) is 6.81. The van der Waals surface area contributed by atoms with Gasteiger partial charge in [0.25, 0.3) is 0 Å². The van der Waals surface area contributed by atoms with E-state index in [2.05, 4.69) is 5.32 Å². The standard InChI is InChI=1S/C16H12N4O2/c17-8-14-7-16(22,20-13(14)21)6-12(15(14,9-18)10-19)11-4-2-1-3-5-11/h1-5,12,22H,6-7H2,(H,20,21)/t12-,14-,16+/m0/s1. The Morgan fingerprint density at radius 1 is 1.14 bits per heavy atom. The second kappa shape index (κ2) is 4.31. The number of fused-ring (bicyclic) bond motifs is 2.